The fourth-order valence-corrected chi connectivity index (χ4v) is 3.25. The molecule has 3 aliphatic rings. The Kier molecular flexibility index (Phi) is 3.57. The maximum atomic E-state index is 12.3. The van der Waals surface area contributed by atoms with Crippen LogP contribution in [-0.4, -0.2) is 37.2 Å². The second-order valence-electron chi connectivity index (χ2n) is 6.21. The zero-order valence-electron chi connectivity index (χ0n) is 11.2. The molecule has 1 aliphatic carbocycles. The monoisotopic (exact) mass is 252 g/mol. The van der Waals surface area contributed by atoms with E-state index in [2.05, 4.69) is 17.6 Å². The number of ether oxygens (including phenoxy) is 1. The van der Waals surface area contributed by atoms with Crippen LogP contribution < -0.4 is 10.6 Å². The van der Waals surface area contributed by atoms with Crippen LogP contribution in [0, 0.1) is 11.8 Å². The third kappa shape index (κ3) is 2.69. The van der Waals surface area contributed by atoms with Crippen molar-refractivity contribution in [2.24, 2.45) is 11.8 Å². The first-order valence-electron chi connectivity index (χ1n) is 7.39. The van der Waals surface area contributed by atoms with Crippen molar-refractivity contribution in [2.75, 3.05) is 13.2 Å². The maximum absolute atomic E-state index is 12.3. The average molecular weight is 252 g/mol. The third-order valence-corrected chi connectivity index (χ3v) is 4.53. The Labute approximate surface area is 109 Å². The fourth-order valence-electron chi connectivity index (χ4n) is 3.25. The Balaban J connectivity index is 1.53. The molecule has 2 saturated heterocycles. The summed E-state index contributed by atoms with van der Waals surface area (Å²) in [5.74, 6) is 1.54. The zero-order valence-corrected chi connectivity index (χ0v) is 11.2. The van der Waals surface area contributed by atoms with Gasteiger partial charge in [-0.2, -0.15) is 0 Å². The molecule has 3 rings (SSSR count). The van der Waals surface area contributed by atoms with E-state index in [0.29, 0.717) is 11.8 Å². The number of carbonyl (C=O) groups excluding carboxylic acids is 1. The highest BCUT2D eigenvalue weighted by molar-refractivity contribution is 5.82. The van der Waals surface area contributed by atoms with Gasteiger partial charge in [0.15, 0.2) is 0 Å². The van der Waals surface area contributed by atoms with Gasteiger partial charge in [-0.25, -0.2) is 0 Å². The van der Waals surface area contributed by atoms with E-state index in [1.54, 1.807) is 0 Å². The van der Waals surface area contributed by atoms with E-state index in [1.807, 2.05) is 0 Å². The van der Waals surface area contributed by atoms with Crippen LogP contribution in [0.25, 0.3) is 0 Å². The molecule has 0 aromatic rings. The molecule has 0 aromatic carbocycles. The first-order chi connectivity index (χ1) is 8.74. The largest absolute Gasteiger partial charge is 0.376 e. The number of carbonyl (C=O) groups is 1. The van der Waals surface area contributed by atoms with E-state index in [1.165, 1.54) is 19.3 Å². The normalized spacial score (nSPS) is 40.7. The number of hydrogen-bond donors (Lipinski definition) is 2. The van der Waals surface area contributed by atoms with E-state index in [4.69, 9.17) is 4.74 Å². The van der Waals surface area contributed by atoms with Gasteiger partial charge in [-0.1, -0.05) is 6.92 Å². The van der Waals surface area contributed by atoms with E-state index >= 15 is 0 Å². The molecule has 0 bridgehead atoms. The van der Waals surface area contributed by atoms with Crippen LogP contribution in [0.2, 0.25) is 0 Å². The lowest BCUT2D eigenvalue weighted by Crippen LogP contribution is -2.52. The molecular formula is C14H24N2O2. The molecule has 2 N–H and O–H groups in total. The maximum Gasteiger partial charge on any atom is 0.237 e. The number of piperidine rings is 1. The summed E-state index contributed by atoms with van der Waals surface area (Å²) >= 11 is 0. The molecular weight excluding hydrogens is 228 g/mol. The predicted octanol–water partition coefficient (Wildman–Crippen LogP) is 1.06. The van der Waals surface area contributed by atoms with Crippen LogP contribution in [-0.2, 0) is 9.53 Å². The highest BCUT2D eigenvalue weighted by atomic mass is 16.5. The van der Waals surface area contributed by atoms with Gasteiger partial charge in [-0.05, 0) is 50.5 Å². The summed E-state index contributed by atoms with van der Waals surface area (Å²) in [6.45, 7) is 4.00. The number of rotatable bonds is 3. The van der Waals surface area contributed by atoms with Gasteiger partial charge in [0.1, 0.15) is 0 Å². The Hall–Kier alpha value is -0.610. The quantitative estimate of drug-likeness (QED) is 0.789. The molecule has 1 amide bonds. The molecule has 4 heteroatoms. The molecule has 18 heavy (non-hydrogen) atoms. The second-order valence-corrected chi connectivity index (χ2v) is 6.21. The van der Waals surface area contributed by atoms with Gasteiger partial charge < -0.3 is 15.4 Å². The fraction of sp³-hybridized carbons (Fsp3) is 0.929. The van der Waals surface area contributed by atoms with Crippen LogP contribution >= 0.6 is 0 Å². The van der Waals surface area contributed by atoms with Crippen LogP contribution in [0.1, 0.15) is 39.0 Å². The molecule has 102 valence electrons. The molecule has 4 nitrogen and oxygen atoms in total. The molecule has 1 saturated carbocycles. The molecule has 4 unspecified atom stereocenters. The Morgan fingerprint density at radius 3 is 2.83 bits per heavy atom. The first kappa shape index (κ1) is 12.4. The lowest BCUT2D eigenvalue weighted by atomic mass is 9.93. The van der Waals surface area contributed by atoms with Gasteiger partial charge in [-0.15, -0.1) is 0 Å². The Bertz CT molecular complexity index is 317. The molecule has 0 spiro atoms. The van der Waals surface area contributed by atoms with Crippen LogP contribution in [0.4, 0.5) is 0 Å². The van der Waals surface area contributed by atoms with Gasteiger partial charge in [-0.3, -0.25) is 4.79 Å². The van der Waals surface area contributed by atoms with Crippen LogP contribution in [0.3, 0.4) is 0 Å². The summed E-state index contributed by atoms with van der Waals surface area (Å²) in [5, 5.41) is 6.54. The lowest BCUT2D eigenvalue weighted by molar-refractivity contribution is -0.125. The second kappa shape index (κ2) is 5.17. The van der Waals surface area contributed by atoms with E-state index in [0.717, 1.165) is 26.0 Å². The van der Waals surface area contributed by atoms with Crippen molar-refractivity contribution < 1.29 is 9.53 Å². The molecule has 2 aliphatic heterocycles. The summed E-state index contributed by atoms with van der Waals surface area (Å²) in [5.41, 5.74) is 0. The van der Waals surface area contributed by atoms with Crippen molar-refractivity contribution in [3.05, 3.63) is 0 Å². The summed E-state index contributed by atoms with van der Waals surface area (Å²) in [7, 11) is 0. The van der Waals surface area contributed by atoms with Gasteiger partial charge in [0.25, 0.3) is 0 Å². The first-order valence-corrected chi connectivity index (χ1v) is 7.39. The molecule has 0 aromatic heterocycles. The van der Waals surface area contributed by atoms with E-state index in [-0.39, 0.29) is 24.1 Å². The Morgan fingerprint density at radius 2 is 2.11 bits per heavy atom. The van der Waals surface area contributed by atoms with Gasteiger partial charge in [0.05, 0.1) is 18.2 Å². The Morgan fingerprint density at radius 1 is 1.28 bits per heavy atom. The minimum atomic E-state index is 0.00852. The lowest BCUT2D eigenvalue weighted by Gasteiger charge is -2.29. The summed E-state index contributed by atoms with van der Waals surface area (Å²) in [4.78, 5) is 12.3. The summed E-state index contributed by atoms with van der Waals surface area (Å²) < 4.78 is 5.76. The van der Waals surface area contributed by atoms with Crippen LogP contribution in [0.5, 0.6) is 0 Å². The van der Waals surface area contributed by atoms with Crippen molar-refractivity contribution >= 4 is 5.91 Å². The van der Waals surface area contributed by atoms with Crippen molar-refractivity contribution in [3.8, 4) is 0 Å². The highest BCUT2D eigenvalue weighted by Gasteiger charge is 2.41. The van der Waals surface area contributed by atoms with Crippen LogP contribution in [0.15, 0.2) is 0 Å². The predicted molar refractivity (Wildman–Crippen MR) is 69.2 cm³/mol. The van der Waals surface area contributed by atoms with E-state index in [9.17, 15) is 4.79 Å². The molecule has 4 atom stereocenters. The van der Waals surface area contributed by atoms with Gasteiger partial charge in [0.2, 0.25) is 5.91 Å². The summed E-state index contributed by atoms with van der Waals surface area (Å²) in [6, 6.07) is 0.262. The van der Waals surface area contributed by atoms with E-state index < -0.39 is 0 Å². The van der Waals surface area contributed by atoms with Crippen molar-refractivity contribution in [2.45, 2.75) is 57.2 Å². The summed E-state index contributed by atoms with van der Waals surface area (Å²) in [6.07, 6.45) is 5.96. The molecule has 2 heterocycles. The number of nitrogens with one attached hydrogen (secondary N) is 2. The van der Waals surface area contributed by atoms with Crippen molar-refractivity contribution in [1.82, 2.24) is 10.6 Å². The average Bonchev–Trinajstić information content (AvgIpc) is 3.10. The zero-order chi connectivity index (χ0) is 12.5. The highest BCUT2D eigenvalue weighted by Crippen LogP contribution is 2.38. The standard InChI is InChI=1S/C14H24N2O2/c1-9-4-6-15-12(8-9)14(17)16-11-5-7-18-13(11)10-2-3-10/h9-13,15H,2-8H2,1H3,(H,16,17). The topological polar surface area (TPSA) is 50.4 Å². The number of hydrogen-bond acceptors (Lipinski definition) is 3. The smallest absolute Gasteiger partial charge is 0.237 e. The third-order valence-electron chi connectivity index (χ3n) is 4.53. The van der Waals surface area contributed by atoms with Gasteiger partial charge >= 0.3 is 0 Å². The molecule has 3 fully saturated rings. The minimum absolute atomic E-state index is 0.00852. The van der Waals surface area contributed by atoms with Gasteiger partial charge in [0, 0.05) is 6.61 Å². The van der Waals surface area contributed by atoms with Crippen molar-refractivity contribution in [1.29, 1.82) is 0 Å². The van der Waals surface area contributed by atoms with Crippen molar-refractivity contribution in [3.63, 3.8) is 0 Å². The SMILES string of the molecule is CC1CCNC(C(=O)NC2CCOC2C2CC2)C1. The number of amides is 1. The minimum Gasteiger partial charge on any atom is -0.376 e. The molecule has 0 radical (unpaired) electrons.